The van der Waals surface area contributed by atoms with Crippen molar-refractivity contribution < 1.29 is 23.4 Å². The van der Waals surface area contributed by atoms with Gasteiger partial charge in [0.05, 0.1) is 17.4 Å². The van der Waals surface area contributed by atoms with Gasteiger partial charge in [0.25, 0.3) is 0 Å². The first-order chi connectivity index (χ1) is 11.2. The number of aromatic nitrogens is 1. The fourth-order valence-corrected chi connectivity index (χ4v) is 2.94. The number of rotatable bonds is 3. The third kappa shape index (κ3) is 2.50. The van der Waals surface area contributed by atoms with Gasteiger partial charge < -0.3 is 10.3 Å². The van der Waals surface area contributed by atoms with Gasteiger partial charge in [-0.25, -0.2) is 0 Å². The number of pyridine rings is 1. The highest BCUT2D eigenvalue weighted by molar-refractivity contribution is 6.30. The summed E-state index contributed by atoms with van der Waals surface area (Å²) in [6, 6.07) is 7.01. The van der Waals surface area contributed by atoms with Crippen LogP contribution < -0.4 is 9.63 Å². The number of hydrogen-bond donors (Lipinski definition) is 1. The predicted molar refractivity (Wildman–Crippen MR) is 82.6 cm³/mol. The van der Waals surface area contributed by atoms with E-state index in [1.54, 1.807) is 0 Å². The van der Waals surface area contributed by atoms with E-state index < -0.39 is 23.5 Å². The smallest absolute Gasteiger partial charge is 0.352 e. The van der Waals surface area contributed by atoms with Crippen molar-refractivity contribution in [3.8, 4) is 0 Å². The van der Waals surface area contributed by atoms with Crippen LogP contribution in [-0.2, 0) is 17.3 Å². The summed E-state index contributed by atoms with van der Waals surface area (Å²) in [7, 11) is 0. The maximum absolute atomic E-state index is 14.5. The Bertz CT molecular complexity index is 827. The molecule has 0 spiro atoms. The lowest BCUT2D eigenvalue weighted by Gasteiger charge is -2.17. The van der Waals surface area contributed by atoms with Crippen LogP contribution in [-0.4, -0.2) is 11.0 Å². The largest absolute Gasteiger partial charge is 0.618 e. The topological polar surface area (TPSA) is 67.5 Å². The van der Waals surface area contributed by atoms with Gasteiger partial charge in [0, 0.05) is 6.07 Å². The van der Waals surface area contributed by atoms with E-state index in [1.165, 1.54) is 37.3 Å². The van der Waals surface area contributed by atoms with E-state index in [4.69, 9.17) is 11.6 Å². The quantitative estimate of drug-likeness (QED) is 0.680. The Labute approximate surface area is 141 Å². The molecular formula is C16H13ClF2N2O3. The zero-order chi connectivity index (χ0) is 17.6. The number of aliphatic hydroxyl groups is 1. The van der Waals surface area contributed by atoms with Gasteiger partial charge in [0.2, 0.25) is 5.69 Å². The fourth-order valence-electron chi connectivity index (χ4n) is 2.79. The first-order valence-electron chi connectivity index (χ1n) is 7.12. The maximum atomic E-state index is 14.5. The minimum atomic E-state index is -3.76. The molecule has 126 valence electrons. The molecule has 2 aromatic rings. The van der Waals surface area contributed by atoms with Gasteiger partial charge in [-0.1, -0.05) is 23.7 Å². The molecule has 1 aliphatic rings. The van der Waals surface area contributed by atoms with Crippen LogP contribution in [0.3, 0.4) is 0 Å². The standard InChI is InChI=1S/C16H13ClF2N2O3/c1-9(22)12-3-2-4-13-14(12)16(18,19)15(23)20(13)8-11-6-5-10(17)7-21(11)24/h2-7,9,22H,8H2,1H3/t9-/m0/s1. The number of halogens is 3. The molecule has 1 aliphatic heterocycles. The maximum Gasteiger partial charge on any atom is 0.352 e. The first-order valence-corrected chi connectivity index (χ1v) is 7.50. The van der Waals surface area contributed by atoms with E-state index in [-0.39, 0.29) is 28.5 Å². The summed E-state index contributed by atoms with van der Waals surface area (Å²) in [4.78, 5) is 13.0. The van der Waals surface area contributed by atoms with Crippen molar-refractivity contribution >= 4 is 23.2 Å². The van der Waals surface area contributed by atoms with Gasteiger partial charge in [0.1, 0.15) is 11.6 Å². The lowest BCUT2D eigenvalue weighted by molar-refractivity contribution is -0.613. The summed E-state index contributed by atoms with van der Waals surface area (Å²) in [6.07, 6.45) is -0.0681. The lowest BCUT2D eigenvalue weighted by atomic mass is 9.98. The van der Waals surface area contributed by atoms with Gasteiger partial charge in [-0.3, -0.25) is 9.69 Å². The Balaban J connectivity index is 2.09. The van der Waals surface area contributed by atoms with Gasteiger partial charge >= 0.3 is 11.8 Å². The van der Waals surface area contributed by atoms with Crippen molar-refractivity contribution in [3.63, 3.8) is 0 Å². The molecule has 2 heterocycles. The van der Waals surface area contributed by atoms with Gasteiger partial charge in [-0.05, 0) is 24.6 Å². The van der Waals surface area contributed by atoms with Crippen molar-refractivity contribution in [2.45, 2.75) is 25.5 Å². The molecule has 0 fully saturated rings. The average molecular weight is 355 g/mol. The molecular weight excluding hydrogens is 342 g/mol. The van der Waals surface area contributed by atoms with Crippen LogP contribution >= 0.6 is 11.6 Å². The van der Waals surface area contributed by atoms with Gasteiger partial charge in [0.15, 0.2) is 6.20 Å². The molecule has 0 saturated heterocycles. The molecule has 8 heteroatoms. The normalized spacial score (nSPS) is 17.0. The second-order valence-electron chi connectivity index (χ2n) is 5.55. The van der Waals surface area contributed by atoms with Crippen LogP contribution in [0.2, 0.25) is 5.02 Å². The molecule has 5 nitrogen and oxygen atoms in total. The zero-order valence-electron chi connectivity index (χ0n) is 12.5. The summed E-state index contributed by atoms with van der Waals surface area (Å²) in [5.74, 6) is -5.19. The highest BCUT2D eigenvalue weighted by Crippen LogP contribution is 2.47. The summed E-state index contributed by atoms with van der Waals surface area (Å²) in [5.41, 5.74) is -0.451. The zero-order valence-corrected chi connectivity index (χ0v) is 13.3. The highest BCUT2D eigenvalue weighted by Gasteiger charge is 2.54. The Morgan fingerprint density at radius 3 is 2.71 bits per heavy atom. The summed E-state index contributed by atoms with van der Waals surface area (Å²) in [5, 5.41) is 21.8. The SMILES string of the molecule is C[C@H](O)c1cccc2c1C(F)(F)C(=O)N2Cc1ccc(Cl)c[n+]1[O-]. The molecule has 0 unspecified atom stereocenters. The van der Waals surface area contributed by atoms with Crippen molar-refractivity contribution in [1.29, 1.82) is 0 Å². The molecule has 3 rings (SSSR count). The van der Waals surface area contributed by atoms with Gasteiger partial charge in [-0.2, -0.15) is 13.5 Å². The van der Waals surface area contributed by atoms with E-state index in [9.17, 15) is 23.9 Å². The Morgan fingerprint density at radius 2 is 2.08 bits per heavy atom. The minimum absolute atomic E-state index is 0.0144. The number of carbonyl (C=O) groups excluding carboxylic acids is 1. The van der Waals surface area contributed by atoms with E-state index in [2.05, 4.69) is 0 Å². The van der Waals surface area contributed by atoms with Crippen LogP contribution in [0, 0.1) is 5.21 Å². The van der Waals surface area contributed by atoms with Crippen LogP contribution in [0.25, 0.3) is 0 Å². The number of fused-ring (bicyclic) bond motifs is 1. The average Bonchev–Trinajstić information content (AvgIpc) is 2.70. The van der Waals surface area contributed by atoms with Crippen LogP contribution in [0.4, 0.5) is 14.5 Å². The predicted octanol–water partition coefficient (Wildman–Crippen LogP) is 2.67. The number of aliphatic hydroxyl groups excluding tert-OH is 1. The van der Waals surface area contributed by atoms with Crippen molar-refractivity contribution in [2.75, 3.05) is 4.90 Å². The Morgan fingerprint density at radius 1 is 1.38 bits per heavy atom. The van der Waals surface area contributed by atoms with Crippen molar-refractivity contribution in [3.05, 3.63) is 63.6 Å². The van der Waals surface area contributed by atoms with E-state index in [0.717, 1.165) is 11.1 Å². The highest BCUT2D eigenvalue weighted by atomic mass is 35.5. The van der Waals surface area contributed by atoms with Crippen LogP contribution in [0.1, 0.15) is 29.8 Å². The second-order valence-corrected chi connectivity index (χ2v) is 5.98. The van der Waals surface area contributed by atoms with E-state index in [0.29, 0.717) is 4.73 Å². The van der Waals surface area contributed by atoms with Crippen LogP contribution in [0.5, 0.6) is 0 Å². The van der Waals surface area contributed by atoms with Crippen molar-refractivity contribution in [1.82, 2.24) is 0 Å². The Hall–Kier alpha value is -2.25. The van der Waals surface area contributed by atoms with E-state index in [1.807, 2.05) is 0 Å². The molecule has 0 bridgehead atoms. The van der Waals surface area contributed by atoms with E-state index >= 15 is 0 Å². The third-order valence-corrected chi connectivity index (χ3v) is 4.15. The number of amides is 1. The molecule has 0 aliphatic carbocycles. The number of alkyl halides is 2. The number of anilines is 1. The number of carbonyl (C=O) groups is 1. The third-order valence-electron chi connectivity index (χ3n) is 3.92. The molecule has 24 heavy (non-hydrogen) atoms. The van der Waals surface area contributed by atoms with Crippen molar-refractivity contribution in [2.24, 2.45) is 0 Å². The first kappa shape index (κ1) is 16.6. The Kier molecular flexibility index (Phi) is 3.93. The summed E-state index contributed by atoms with van der Waals surface area (Å²) >= 11 is 5.70. The fraction of sp³-hybridized carbons (Fsp3) is 0.250. The minimum Gasteiger partial charge on any atom is -0.618 e. The molecule has 0 saturated carbocycles. The monoisotopic (exact) mass is 354 g/mol. The molecule has 1 atom stereocenters. The van der Waals surface area contributed by atoms with Crippen LogP contribution in [0.15, 0.2) is 36.5 Å². The number of nitrogens with zero attached hydrogens (tertiary/aromatic N) is 2. The molecule has 1 aromatic carbocycles. The molecule has 1 aromatic heterocycles. The molecule has 1 N–H and O–H groups in total. The number of hydrogen-bond acceptors (Lipinski definition) is 3. The van der Waals surface area contributed by atoms with Gasteiger partial charge in [-0.15, -0.1) is 0 Å². The second kappa shape index (κ2) is 5.68. The molecule has 1 amide bonds. The number of benzene rings is 1. The molecule has 0 radical (unpaired) electrons. The summed E-state index contributed by atoms with van der Waals surface area (Å²) < 4.78 is 29.4. The summed E-state index contributed by atoms with van der Waals surface area (Å²) in [6.45, 7) is 1.02. The lowest BCUT2D eigenvalue weighted by Crippen LogP contribution is -2.39.